The highest BCUT2D eigenvalue weighted by atomic mass is 79.9. The van der Waals surface area contributed by atoms with Gasteiger partial charge in [0.1, 0.15) is 30.4 Å². The van der Waals surface area contributed by atoms with E-state index in [0.29, 0.717) is 28.6 Å². The van der Waals surface area contributed by atoms with Crippen LogP contribution in [0.1, 0.15) is 11.1 Å². The summed E-state index contributed by atoms with van der Waals surface area (Å²) < 4.78 is 16.1. The van der Waals surface area contributed by atoms with Gasteiger partial charge in [0.25, 0.3) is 11.6 Å². The lowest BCUT2D eigenvalue weighted by molar-refractivity contribution is -0.384. The van der Waals surface area contributed by atoms with E-state index in [1.54, 1.807) is 60.7 Å². The first-order valence-electron chi connectivity index (χ1n) is 13.3. The van der Waals surface area contributed by atoms with Crippen molar-refractivity contribution in [2.24, 2.45) is 0 Å². The monoisotopic (exact) mass is 699 g/mol. The fraction of sp³-hybridized carbons (Fsp3) is 0.233. The number of hydrogen-bond acceptors (Lipinski definition) is 11. The molecular weight excluding hydrogens is 674 g/mol. The lowest BCUT2D eigenvalue weighted by atomic mass is 10.0. The van der Waals surface area contributed by atoms with Crippen molar-refractivity contribution in [3.05, 3.63) is 106 Å². The summed E-state index contributed by atoms with van der Waals surface area (Å²) in [5.41, 5.74) is 0.941. The Morgan fingerprint density at radius 2 is 1.51 bits per heavy atom. The number of benzene rings is 3. The average Bonchev–Trinajstić information content (AvgIpc) is 3.06. The van der Waals surface area contributed by atoms with E-state index in [-0.39, 0.29) is 24.2 Å². The van der Waals surface area contributed by atoms with Crippen LogP contribution in [0.5, 0.6) is 5.75 Å². The Morgan fingerprint density at radius 3 is 2.13 bits per heavy atom. The zero-order valence-corrected chi connectivity index (χ0v) is 25.8. The number of para-hydroxylation sites is 1. The Kier molecular flexibility index (Phi) is 11.6. The molecule has 1 saturated heterocycles. The quantitative estimate of drug-likeness (QED) is 0.0648. The minimum absolute atomic E-state index is 0.0731. The van der Waals surface area contributed by atoms with Gasteiger partial charge in [-0.2, -0.15) is 0 Å². The number of amides is 2. The molecule has 3 unspecified atom stereocenters. The molecule has 234 valence electrons. The van der Waals surface area contributed by atoms with E-state index in [0.717, 1.165) is 4.90 Å². The summed E-state index contributed by atoms with van der Waals surface area (Å²) in [4.78, 5) is 76.2. The van der Waals surface area contributed by atoms with Crippen molar-refractivity contribution in [3.63, 3.8) is 0 Å². The third-order valence-corrected chi connectivity index (χ3v) is 8.00. The molecule has 3 aromatic carbocycles. The number of nitro groups is 1. The first-order chi connectivity index (χ1) is 21.7. The maximum atomic E-state index is 13.4. The van der Waals surface area contributed by atoms with Crippen LogP contribution in [0.4, 0.5) is 10.5 Å². The third-order valence-electron chi connectivity index (χ3n) is 6.39. The highest BCUT2D eigenvalue weighted by Crippen LogP contribution is 2.34. The second-order valence-electron chi connectivity index (χ2n) is 9.46. The third kappa shape index (κ3) is 8.89. The maximum Gasteiger partial charge on any atom is 0.369 e. The molecule has 2 amide bonds. The summed E-state index contributed by atoms with van der Waals surface area (Å²) in [5.74, 6) is -2.89. The molecule has 4 rings (SSSR count). The molecule has 0 bridgehead atoms. The number of rotatable bonds is 14. The predicted molar refractivity (Wildman–Crippen MR) is 164 cm³/mol. The average molecular weight is 701 g/mol. The van der Waals surface area contributed by atoms with Gasteiger partial charge < -0.3 is 24.4 Å². The number of carbonyl (C=O) groups excluding carboxylic acids is 5. The first kappa shape index (κ1) is 33.1. The van der Waals surface area contributed by atoms with Crippen molar-refractivity contribution >= 4 is 62.2 Å². The number of hydrogen-bond donors (Lipinski definition) is 1. The molecule has 0 radical (unpaired) electrons. The van der Waals surface area contributed by atoms with Gasteiger partial charge in [0.15, 0.2) is 18.4 Å². The van der Waals surface area contributed by atoms with Gasteiger partial charge in [-0.25, -0.2) is 9.59 Å². The van der Waals surface area contributed by atoms with Crippen LogP contribution >= 0.6 is 27.7 Å². The minimum atomic E-state index is -1.76. The topological polar surface area (TPSA) is 171 Å². The first-order valence-corrected chi connectivity index (χ1v) is 15.3. The summed E-state index contributed by atoms with van der Waals surface area (Å²) in [7, 11) is 0. The molecule has 15 heteroatoms. The Hall–Kier alpha value is -4.76. The summed E-state index contributed by atoms with van der Waals surface area (Å²) in [6.45, 7) is -0.861. The standard InChI is InChI=1S/C30H26BrN3O10S/c31-15-23(35)26(29(38)43-16-20-11-13-21(14-12-20)34(40)41)33-27(37)25(32-24(36)18-42-22-9-5-2-6-10-22)28(33)45-30(39)44-17-19-7-3-1-4-8-19/h1-14,25-26,28H,15-18H2,(H,32,36). The smallest absolute Gasteiger partial charge is 0.369 e. The molecule has 1 aliphatic heterocycles. The number of esters is 1. The number of non-ortho nitro benzene ring substituents is 1. The van der Waals surface area contributed by atoms with Crippen LogP contribution in [-0.4, -0.2) is 68.1 Å². The van der Waals surface area contributed by atoms with Crippen LogP contribution in [-0.2, 0) is 41.9 Å². The van der Waals surface area contributed by atoms with Crippen molar-refractivity contribution in [1.82, 2.24) is 10.2 Å². The van der Waals surface area contributed by atoms with Crippen molar-refractivity contribution in [1.29, 1.82) is 0 Å². The molecule has 13 nitrogen and oxygen atoms in total. The fourth-order valence-electron chi connectivity index (χ4n) is 4.17. The molecule has 1 N–H and O–H groups in total. The zero-order valence-electron chi connectivity index (χ0n) is 23.4. The Morgan fingerprint density at radius 1 is 0.911 bits per heavy atom. The number of nitro benzene ring substituents is 1. The molecule has 1 fully saturated rings. The fourth-order valence-corrected chi connectivity index (χ4v) is 5.46. The largest absolute Gasteiger partial charge is 0.484 e. The Balaban J connectivity index is 1.48. The van der Waals surface area contributed by atoms with Gasteiger partial charge in [-0.3, -0.25) is 24.5 Å². The predicted octanol–water partition coefficient (Wildman–Crippen LogP) is 3.77. The van der Waals surface area contributed by atoms with Crippen LogP contribution in [0, 0.1) is 10.1 Å². The highest BCUT2D eigenvalue weighted by Gasteiger charge is 2.56. The number of halogens is 1. The molecule has 45 heavy (non-hydrogen) atoms. The second kappa shape index (κ2) is 15.8. The van der Waals surface area contributed by atoms with E-state index < -0.39 is 57.9 Å². The van der Waals surface area contributed by atoms with E-state index >= 15 is 0 Å². The van der Waals surface area contributed by atoms with Gasteiger partial charge in [-0.1, -0.05) is 64.5 Å². The van der Waals surface area contributed by atoms with E-state index in [4.69, 9.17) is 14.2 Å². The molecular formula is C30H26BrN3O10S. The van der Waals surface area contributed by atoms with Gasteiger partial charge in [-0.15, -0.1) is 0 Å². The van der Waals surface area contributed by atoms with Gasteiger partial charge in [0, 0.05) is 12.1 Å². The van der Waals surface area contributed by atoms with E-state index in [1.165, 1.54) is 24.3 Å². The van der Waals surface area contributed by atoms with E-state index in [1.807, 2.05) is 0 Å². The van der Waals surface area contributed by atoms with Crippen molar-refractivity contribution < 1.29 is 43.1 Å². The van der Waals surface area contributed by atoms with E-state index in [9.17, 15) is 34.1 Å². The van der Waals surface area contributed by atoms with Crippen LogP contribution in [0.25, 0.3) is 0 Å². The molecule has 1 heterocycles. The van der Waals surface area contributed by atoms with Gasteiger partial charge in [0.05, 0.1) is 10.3 Å². The van der Waals surface area contributed by atoms with E-state index in [2.05, 4.69) is 21.2 Å². The number of carbonyl (C=O) groups is 5. The van der Waals surface area contributed by atoms with Crippen LogP contribution in [0.3, 0.4) is 0 Å². The number of likely N-dealkylation sites (tertiary alicyclic amines) is 1. The number of alkyl halides is 1. The number of thioether (sulfide) groups is 1. The zero-order chi connectivity index (χ0) is 32.3. The number of Topliss-reactive ketones (excluding diaryl/α,β-unsaturated/α-hetero) is 1. The molecule has 0 saturated carbocycles. The SMILES string of the molecule is O=C(COc1ccccc1)NC1C(=O)N(C(C(=O)CBr)C(=O)OCc2ccc([N+](=O)[O-])cc2)C1SC(=O)OCc1ccccc1. The number of nitrogens with zero attached hydrogens (tertiary/aromatic N) is 2. The number of ketones is 1. The van der Waals surface area contributed by atoms with Crippen LogP contribution < -0.4 is 10.1 Å². The maximum absolute atomic E-state index is 13.4. The summed E-state index contributed by atoms with van der Waals surface area (Å²) in [6, 6.07) is 19.5. The van der Waals surface area contributed by atoms with Crippen molar-refractivity contribution in [3.8, 4) is 5.75 Å². The summed E-state index contributed by atoms with van der Waals surface area (Å²) in [5, 5.41) is 11.1. The normalized spacial score (nSPS) is 16.1. The molecule has 3 atom stereocenters. The molecule has 0 aromatic heterocycles. The second-order valence-corrected chi connectivity index (χ2v) is 11.1. The number of ether oxygens (including phenoxy) is 3. The summed E-state index contributed by atoms with van der Waals surface area (Å²) >= 11 is 3.54. The lowest BCUT2D eigenvalue weighted by Gasteiger charge is -2.48. The van der Waals surface area contributed by atoms with Gasteiger partial charge >= 0.3 is 11.3 Å². The molecule has 0 spiro atoms. The van der Waals surface area contributed by atoms with Crippen molar-refractivity contribution in [2.75, 3.05) is 11.9 Å². The van der Waals surface area contributed by atoms with Gasteiger partial charge in [-0.05, 0) is 47.2 Å². The van der Waals surface area contributed by atoms with Crippen LogP contribution in [0.15, 0.2) is 84.9 Å². The minimum Gasteiger partial charge on any atom is -0.484 e. The number of nitrogens with one attached hydrogen (secondary N) is 1. The Bertz CT molecular complexity index is 1540. The van der Waals surface area contributed by atoms with Gasteiger partial charge in [0.2, 0.25) is 5.91 Å². The molecule has 3 aromatic rings. The molecule has 1 aliphatic rings. The lowest BCUT2D eigenvalue weighted by Crippen LogP contribution is -2.74. The van der Waals surface area contributed by atoms with Crippen molar-refractivity contribution in [2.45, 2.75) is 30.7 Å². The summed E-state index contributed by atoms with van der Waals surface area (Å²) in [6.07, 6.45) is 0. The Labute approximate surface area is 269 Å². The number of β-lactam (4-membered cyclic amide) rings is 1. The molecule has 0 aliphatic carbocycles. The van der Waals surface area contributed by atoms with Crippen LogP contribution in [0.2, 0.25) is 0 Å². The highest BCUT2D eigenvalue weighted by molar-refractivity contribution is 9.09.